The molecule has 0 spiro atoms. The predicted octanol–water partition coefficient (Wildman–Crippen LogP) is 1.85. The lowest BCUT2D eigenvalue weighted by atomic mass is 10.2. The van der Waals surface area contributed by atoms with E-state index < -0.39 is 28.4 Å². The van der Waals surface area contributed by atoms with Crippen LogP contribution in [-0.4, -0.2) is 10.9 Å². The third-order valence-corrected chi connectivity index (χ3v) is 1.81. The van der Waals surface area contributed by atoms with Gasteiger partial charge in [0.25, 0.3) is 5.91 Å². The molecule has 0 aromatic carbocycles. The summed E-state index contributed by atoms with van der Waals surface area (Å²) >= 11 is 5.31. The van der Waals surface area contributed by atoms with Crippen LogP contribution in [0.2, 0.25) is 5.02 Å². The van der Waals surface area contributed by atoms with Gasteiger partial charge >= 0.3 is 6.18 Å². The van der Waals surface area contributed by atoms with Crippen LogP contribution in [0.3, 0.4) is 0 Å². The molecule has 2 N–H and O–H groups in total. The number of nitrogens with zero attached hydrogens (tertiary/aromatic N) is 1. The maximum Gasteiger partial charge on any atom is 0.417 e. The first-order valence-corrected chi connectivity index (χ1v) is 3.73. The third-order valence-electron chi connectivity index (χ3n) is 1.43. The lowest BCUT2D eigenvalue weighted by Crippen LogP contribution is -2.16. The number of carbonyl (C=O) groups excluding carboxylic acids is 1. The van der Waals surface area contributed by atoms with Crippen molar-refractivity contribution >= 4 is 17.5 Å². The fraction of sp³-hybridized carbons (Fsp3) is 0.143. The molecule has 7 heteroatoms. The van der Waals surface area contributed by atoms with Crippen molar-refractivity contribution in [2.45, 2.75) is 6.18 Å². The predicted molar refractivity (Wildman–Crippen MR) is 42.8 cm³/mol. The average molecular weight is 225 g/mol. The summed E-state index contributed by atoms with van der Waals surface area (Å²) in [5.41, 5.74) is 3.07. The summed E-state index contributed by atoms with van der Waals surface area (Å²) in [7, 11) is 0. The van der Waals surface area contributed by atoms with Crippen molar-refractivity contribution < 1.29 is 18.0 Å². The number of alkyl halides is 3. The van der Waals surface area contributed by atoms with E-state index in [4.69, 9.17) is 17.3 Å². The van der Waals surface area contributed by atoms with E-state index in [1.54, 1.807) is 0 Å². The number of rotatable bonds is 1. The van der Waals surface area contributed by atoms with Crippen LogP contribution in [0.25, 0.3) is 0 Å². The molecule has 1 aromatic heterocycles. The summed E-state index contributed by atoms with van der Waals surface area (Å²) in [6.07, 6.45) is -3.79. The molecule has 3 nitrogen and oxygen atoms in total. The number of carbonyl (C=O) groups is 1. The van der Waals surface area contributed by atoms with Gasteiger partial charge in [-0.15, -0.1) is 0 Å². The molecular formula is C7H4ClF3N2O. The van der Waals surface area contributed by atoms with Crippen LogP contribution in [0.4, 0.5) is 13.2 Å². The highest BCUT2D eigenvalue weighted by atomic mass is 35.5. The summed E-state index contributed by atoms with van der Waals surface area (Å²) in [4.78, 5) is 14.0. The smallest absolute Gasteiger partial charge is 0.364 e. The fourth-order valence-corrected chi connectivity index (χ4v) is 1.15. The van der Waals surface area contributed by atoms with Gasteiger partial charge in [0.15, 0.2) is 0 Å². The van der Waals surface area contributed by atoms with Crippen molar-refractivity contribution in [2.75, 3.05) is 0 Å². The maximum atomic E-state index is 12.2. The van der Waals surface area contributed by atoms with E-state index in [0.717, 1.165) is 6.20 Å². The van der Waals surface area contributed by atoms with Gasteiger partial charge in [0.2, 0.25) is 0 Å². The molecule has 0 aliphatic heterocycles. The molecule has 0 aliphatic rings. The van der Waals surface area contributed by atoms with Gasteiger partial charge in [0, 0.05) is 6.20 Å². The van der Waals surface area contributed by atoms with Crippen molar-refractivity contribution in [3.8, 4) is 0 Å². The number of primary amides is 1. The Kier molecular flexibility index (Phi) is 2.66. The molecule has 14 heavy (non-hydrogen) atoms. The SMILES string of the molecule is NC(=O)c1nccc(C(F)(F)F)c1Cl. The standard InChI is InChI=1S/C7H4ClF3N2O/c8-4-3(7(9,10)11)1-2-13-5(4)6(12)14/h1-2H,(H2,12,14). The Morgan fingerprint density at radius 1 is 1.50 bits per heavy atom. The molecule has 0 aliphatic carbocycles. The van der Waals surface area contributed by atoms with Gasteiger partial charge < -0.3 is 5.73 Å². The number of aromatic nitrogens is 1. The molecule has 76 valence electrons. The molecule has 0 atom stereocenters. The molecule has 0 saturated heterocycles. The van der Waals surface area contributed by atoms with Gasteiger partial charge in [-0.25, -0.2) is 4.98 Å². The lowest BCUT2D eigenvalue weighted by molar-refractivity contribution is -0.137. The van der Waals surface area contributed by atoms with Crippen molar-refractivity contribution in [3.63, 3.8) is 0 Å². The van der Waals surface area contributed by atoms with Gasteiger partial charge in [0.1, 0.15) is 5.69 Å². The Labute approximate surface area is 81.7 Å². The molecular weight excluding hydrogens is 221 g/mol. The van der Waals surface area contributed by atoms with E-state index in [1.165, 1.54) is 0 Å². The number of nitrogens with two attached hydrogens (primary N) is 1. The molecule has 0 fully saturated rings. The number of pyridine rings is 1. The molecule has 0 bridgehead atoms. The molecule has 1 rings (SSSR count). The topological polar surface area (TPSA) is 56.0 Å². The Bertz CT molecular complexity index is 378. The summed E-state index contributed by atoms with van der Waals surface area (Å²) < 4.78 is 36.7. The largest absolute Gasteiger partial charge is 0.417 e. The molecule has 0 radical (unpaired) electrons. The Hall–Kier alpha value is -1.30. The number of hydrogen-bond donors (Lipinski definition) is 1. The minimum Gasteiger partial charge on any atom is -0.364 e. The van der Waals surface area contributed by atoms with Crippen LogP contribution in [0.1, 0.15) is 16.1 Å². The molecule has 0 unspecified atom stereocenters. The Balaban J connectivity index is 3.35. The normalized spacial score (nSPS) is 11.4. The van der Waals surface area contributed by atoms with E-state index in [9.17, 15) is 18.0 Å². The second kappa shape index (κ2) is 3.45. The fourth-order valence-electron chi connectivity index (χ4n) is 0.834. The Morgan fingerprint density at radius 2 is 2.07 bits per heavy atom. The third kappa shape index (κ3) is 1.95. The van der Waals surface area contributed by atoms with Crippen LogP contribution in [0.15, 0.2) is 12.3 Å². The summed E-state index contributed by atoms with van der Waals surface area (Å²) in [6.45, 7) is 0. The first kappa shape index (κ1) is 10.8. The average Bonchev–Trinajstić information content (AvgIpc) is 2.01. The number of halogens is 4. The van der Waals surface area contributed by atoms with Gasteiger partial charge in [-0.2, -0.15) is 13.2 Å². The van der Waals surface area contributed by atoms with E-state index in [0.29, 0.717) is 6.07 Å². The zero-order chi connectivity index (χ0) is 10.9. The van der Waals surface area contributed by atoms with E-state index in [1.807, 2.05) is 0 Å². The lowest BCUT2D eigenvalue weighted by Gasteiger charge is -2.09. The summed E-state index contributed by atoms with van der Waals surface area (Å²) in [6, 6.07) is 0.675. The van der Waals surface area contributed by atoms with Crippen LogP contribution in [0.5, 0.6) is 0 Å². The first-order valence-electron chi connectivity index (χ1n) is 3.35. The van der Waals surface area contributed by atoms with Gasteiger partial charge in [-0.3, -0.25) is 4.79 Å². The van der Waals surface area contributed by atoms with Crippen LogP contribution >= 0.6 is 11.6 Å². The van der Waals surface area contributed by atoms with Crippen LogP contribution in [-0.2, 0) is 6.18 Å². The van der Waals surface area contributed by atoms with Crippen LogP contribution in [0, 0.1) is 0 Å². The van der Waals surface area contributed by atoms with E-state index in [2.05, 4.69) is 4.98 Å². The van der Waals surface area contributed by atoms with E-state index >= 15 is 0 Å². The molecule has 0 saturated carbocycles. The van der Waals surface area contributed by atoms with Crippen molar-refractivity contribution in [3.05, 3.63) is 28.5 Å². The quantitative estimate of drug-likeness (QED) is 0.792. The highest BCUT2D eigenvalue weighted by molar-refractivity contribution is 6.34. The number of amides is 1. The van der Waals surface area contributed by atoms with Crippen molar-refractivity contribution in [1.29, 1.82) is 0 Å². The summed E-state index contributed by atoms with van der Waals surface area (Å²) in [5.74, 6) is -1.10. The van der Waals surface area contributed by atoms with Gasteiger partial charge in [0.05, 0.1) is 10.6 Å². The monoisotopic (exact) mass is 224 g/mol. The second-order valence-corrected chi connectivity index (χ2v) is 2.76. The zero-order valence-electron chi connectivity index (χ0n) is 6.60. The molecule has 1 aromatic rings. The molecule has 1 amide bonds. The van der Waals surface area contributed by atoms with E-state index in [-0.39, 0.29) is 0 Å². The van der Waals surface area contributed by atoms with Crippen LogP contribution < -0.4 is 5.73 Å². The zero-order valence-corrected chi connectivity index (χ0v) is 7.36. The highest BCUT2D eigenvalue weighted by Crippen LogP contribution is 2.35. The minimum atomic E-state index is -4.62. The minimum absolute atomic E-state index is 0.582. The van der Waals surface area contributed by atoms with Crippen molar-refractivity contribution in [2.24, 2.45) is 5.73 Å². The van der Waals surface area contributed by atoms with Gasteiger partial charge in [-0.05, 0) is 6.07 Å². The second-order valence-electron chi connectivity index (χ2n) is 2.38. The number of hydrogen-bond acceptors (Lipinski definition) is 2. The Morgan fingerprint density at radius 3 is 2.50 bits per heavy atom. The highest BCUT2D eigenvalue weighted by Gasteiger charge is 2.34. The maximum absolute atomic E-state index is 12.2. The van der Waals surface area contributed by atoms with Crippen molar-refractivity contribution in [1.82, 2.24) is 4.98 Å². The van der Waals surface area contributed by atoms with Gasteiger partial charge in [-0.1, -0.05) is 11.6 Å². The first-order chi connectivity index (χ1) is 6.34. The summed E-state index contributed by atoms with van der Waals surface area (Å²) in [5, 5.41) is -0.771. The molecule has 1 heterocycles.